The summed E-state index contributed by atoms with van der Waals surface area (Å²) >= 11 is 6.07. The quantitative estimate of drug-likeness (QED) is 0.745. The molecule has 156 valence electrons. The number of halogens is 1. The Morgan fingerprint density at radius 2 is 2.00 bits per heavy atom. The van der Waals surface area contributed by atoms with Gasteiger partial charge in [-0.1, -0.05) is 23.7 Å². The molecule has 0 saturated carbocycles. The Kier molecular flexibility index (Phi) is 6.82. The molecule has 0 aliphatic carbocycles. The molecule has 7 nitrogen and oxygen atoms in total. The van der Waals surface area contributed by atoms with E-state index in [0.29, 0.717) is 24.7 Å². The maximum Gasteiger partial charge on any atom is 0.273 e. The van der Waals surface area contributed by atoms with Crippen molar-refractivity contribution in [1.82, 2.24) is 20.1 Å². The number of nitrogens with zero attached hydrogens (tertiary/aromatic N) is 3. The largest absolute Gasteiger partial charge is 0.447 e. The number of benzene rings is 1. The molecular weight excluding hydrogens is 392 g/mol. The van der Waals surface area contributed by atoms with Crippen molar-refractivity contribution in [3.8, 4) is 0 Å². The molecule has 2 aromatic rings. The number of piperazine rings is 1. The highest BCUT2D eigenvalue weighted by Crippen LogP contribution is 2.15. The van der Waals surface area contributed by atoms with Crippen molar-refractivity contribution in [2.75, 3.05) is 39.3 Å². The number of oxazole rings is 1. The molecule has 1 N–H and O–H groups in total. The summed E-state index contributed by atoms with van der Waals surface area (Å²) in [4.78, 5) is 21.3. The molecule has 2 fully saturated rings. The molecule has 0 radical (unpaired) electrons. The number of ether oxygens (including phenoxy) is 1. The van der Waals surface area contributed by atoms with Crippen molar-refractivity contribution in [3.05, 3.63) is 52.7 Å². The van der Waals surface area contributed by atoms with Crippen LogP contribution in [0.4, 0.5) is 0 Å². The van der Waals surface area contributed by atoms with Crippen molar-refractivity contribution >= 4 is 17.5 Å². The van der Waals surface area contributed by atoms with Gasteiger partial charge in [0.05, 0.1) is 12.6 Å². The molecule has 2 aliphatic heterocycles. The summed E-state index contributed by atoms with van der Waals surface area (Å²) < 4.78 is 11.0. The second-order valence-corrected chi connectivity index (χ2v) is 8.09. The maximum absolute atomic E-state index is 12.2. The van der Waals surface area contributed by atoms with E-state index in [1.54, 1.807) is 0 Å². The van der Waals surface area contributed by atoms with E-state index >= 15 is 0 Å². The number of rotatable bonds is 7. The van der Waals surface area contributed by atoms with E-state index in [1.165, 1.54) is 11.8 Å². The van der Waals surface area contributed by atoms with E-state index < -0.39 is 0 Å². The minimum Gasteiger partial charge on any atom is -0.447 e. The Morgan fingerprint density at radius 1 is 1.21 bits per heavy atom. The van der Waals surface area contributed by atoms with E-state index in [-0.39, 0.29) is 12.0 Å². The van der Waals surface area contributed by atoms with Crippen LogP contribution in [-0.4, -0.2) is 66.1 Å². The molecule has 2 aliphatic rings. The van der Waals surface area contributed by atoms with Crippen LogP contribution >= 0.6 is 11.6 Å². The van der Waals surface area contributed by atoms with E-state index in [2.05, 4.69) is 26.2 Å². The molecule has 1 unspecified atom stereocenters. The molecule has 29 heavy (non-hydrogen) atoms. The number of nitrogens with one attached hydrogen (secondary N) is 1. The van der Waals surface area contributed by atoms with Crippen LogP contribution in [0.25, 0.3) is 0 Å². The number of hydrogen-bond acceptors (Lipinski definition) is 6. The van der Waals surface area contributed by atoms with Gasteiger partial charge in [-0.2, -0.15) is 0 Å². The third kappa shape index (κ3) is 5.79. The fourth-order valence-electron chi connectivity index (χ4n) is 3.78. The molecule has 0 bridgehead atoms. The summed E-state index contributed by atoms with van der Waals surface area (Å²) in [6, 6.07) is 8.02. The van der Waals surface area contributed by atoms with Gasteiger partial charge in [0, 0.05) is 50.9 Å². The molecule has 1 aromatic heterocycles. The first-order valence-corrected chi connectivity index (χ1v) is 10.6. The fourth-order valence-corrected chi connectivity index (χ4v) is 3.99. The lowest BCUT2D eigenvalue weighted by molar-refractivity contribution is 0.0853. The third-order valence-electron chi connectivity index (χ3n) is 5.42. The Morgan fingerprint density at radius 3 is 2.72 bits per heavy atom. The van der Waals surface area contributed by atoms with Gasteiger partial charge in [-0.3, -0.25) is 14.6 Å². The number of carbonyl (C=O) groups excluding carboxylic acids is 1. The van der Waals surface area contributed by atoms with Gasteiger partial charge in [-0.15, -0.1) is 0 Å². The Balaban J connectivity index is 1.21. The highest BCUT2D eigenvalue weighted by atomic mass is 35.5. The van der Waals surface area contributed by atoms with Crippen molar-refractivity contribution in [2.24, 2.45) is 0 Å². The molecule has 8 heteroatoms. The fraction of sp³-hybridized carbons (Fsp3) is 0.524. The first-order valence-electron chi connectivity index (χ1n) is 10.2. The van der Waals surface area contributed by atoms with Gasteiger partial charge in [0.25, 0.3) is 5.91 Å². The van der Waals surface area contributed by atoms with Crippen molar-refractivity contribution < 1.29 is 13.9 Å². The van der Waals surface area contributed by atoms with Gasteiger partial charge in [0.1, 0.15) is 6.26 Å². The number of hydrogen-bond donors (Lipinski definition) is 1. The maximum atomic E-state index is 12.2. The Hall–Kier alpha value is -1.93. The summed E-state index contributed by atoms with van der Waals surface area (Å²) in [5, 5.41) is 3.65. The van der Waals surface area contributed by atoms with Crippen LogP contribution in [0.15, 0.2) is 34.9 Å². The Labute approximate surface area is 176 Å². The number of aromatic nitrogens is 1. The van der Waals surface area contributed by atoms with Gasteiger partial charge < -0.3 is 14.5 Å². The van der Waals surface area contributed by atoms with E-state index in [9.17, 15) is 4.79 Å². The first-order chi connectivity index (χ1) is 14.2. The van der Waals surface area contributed by atoms with Crippen molar-refractivity contribution in [3.63, 3.8) is 0 Å². The van der Waals surface area contributed by atoms with E-state index in [0.717, 1.165) is 57.2 Å². The zero-order chi connectivity index (χ0) is 20.1. The summed E-state index contributed by atoms with van der Waals surface area (Å²) in [6.07, 6.45) is 3.61. The summed E-state index contributed by atoms with van der Waals surface area (Å²) in [6.45, 7) is 6.64. The van der Waals surface area contributed by atoms with Crippen LogP contribution in [0, 0.1) is 0 Å². The molecule has 3 heterocycles. The monoisotopic (exact) mass is 418 g/mol. The van der Waals surface area contributed by atoms with Crippen LogP contribution < -0.4 is 5.32 Å². The first kappa shape index (κ1) is 20.3. The van der Waals surface area contributed by atoms with E-state index in [4.69, 9.17) is 20.8 Å². The van der Waals surface area contributed by atoms with Crippen LogP contribution in [0.5, 0.6) is 0 Å². The van der Waals surface area contributed by atoms with Gasteiger partial charge >= 0.3 is 0 Å². The smallest absolute Gasteiger partial charge is 0.273 e. The molecule has 4 rings (SSSR count). The topological polar surface area (TPSA) is 70.8 Å². The number of carbonyl (C=O) groups is 1. The highest BCUT2D eigenvalue weighted by molar-refractivity contribution is 6.30. The molecule has 1 amide bonds. The molecular formula is C21H27ClN4O3. The number of amides is 1. The van der Waals surface area contributed by atoms with Gasteiger partial charge in [-0.05, 0) is 30.5 Å². The SMILES string of the molecule is O=C(NCC1CCCO1)c1coc(CN2CCN(Cc3cccc(Cl)c3)CC2)n1. The summed E-state index contributed by atoms with van der Waals surface area (Å²) in [7, 11) is 0. The predicted molar refractivity (Wildman–Crippen MR) is 110 cm³/mol. The zero-order valence-electron chi connectivity index (χ0n) is 16.5. The lowest BCUT2D eigenvalue weighted by atomic mass is 10.2. The van der Waals surface area contributed by atoms with Crippen LogP contribution in [-0.2, 0) is 17.8 Å². The van der Waals surface area contributed by atoms with Crippen molar-refractivity contribution in [2.45, 2.75) is 32.0 Å². The summed E-state index contributed by atoms with van der Waals surface area (Å²) in [5.41, 5.74) is 1.56. The molecule has 1 atom stereocenters. The minimum absolute atomic E-state index is 0.119. The van der Waals surface area contributed by atoms with Crippen LogP contribution in [0.3, 0.4) is 0 Å². The minimum atomic E-state index is -0.207. The third-order valence-corrected chi connectivity index (χ3v) is 5.65. The zero-order valence-corrected chi connectivity index (χ0v) is 17.2. The van der Waals surface area contributed by atoms with Gasteiger partial charge in [0.15, 0.2) is 5.69 Å². The van der Waals surface area contributed by atoms with Crippen LogP contribution in [0.2, 0.25) is 5.02 Å². The second kappa shape index (κ2) is 9.71. The van der Waals surface area contributed by atoms with Crippen molar-refractivity contribution in [1.29, 1.82) is 0 Å². The van der Waals surface area contributed by atoms with E-state index in [1.807, 2.05) is 18.2 Å². The summed E-state index contributed by atoms with van der Waals surface area (Å²) in [5.74, 6) is 0.373. The molecule has 2 saturated heterocycles. The molecule has 0 spiro atoms. The predicted octanol–water partition coefficient (Wildman–Crippen LogP) is 2.55. The standard InChI is InChI=1S/C21H27ClN4O3/c22-17-4-1-3-16(11-17)13-25-6-8-26(9-7-25)14-20-24-19(15-29-20)21(27)23-12-18-5-2-10-28-18/h1,3-4,11,15,18H,2,5-10,12-14H2,(H,23,27). The van der Waals surface area contributed by atoms with Gasteiger partial charge in [0.2, 0.25) is 5.89 Å². The van der Waals surface area contributed by atoms with Crippen LogP contribution in [0.1, 0.15) is 34.8 Å². The molecule has 1 aromatic carbocycles. The average Bonchev–Trinajstić information content (AvgIpc) is 3.40. The average molecular weight is 419 g/mol. The Bertz CT molecular complexity index is 814. The highest BCUT2D eigenvalue weighted by Gasteiger charge is 2.21. The normalized spacial score (nSPS) is 20.8. The van der Waals surface area contributed by atoms with Gasteiger partial charge in [-0.25, -0.2) is 4.98 Å². The lowest BCUT2D eigenvalue weighted by Gasteiger charge is -2.34. The lowest BCUT2D eigenvalue weighted by Crippen LogP contribution is -2.45. The second-order valence-electron chi connectivity index (χ2n) is 7.65.